The molecule has 0 aliphatic rings. The summed E-state index contributed by atoms with van der Waals surface area (Å²) in [5.74, 6) is -0.966. The molecular formula is C15H18N2O3S. The predicted molar refractivity (Wildman–Crippen MR) is 82.4 cm³/mol. The van der Waals surface area contributed by atoms with E-state index in [1.807, 2.05) is 31.2 Å². The summed E-state index contributed by atoms with van der Waals surface area (Å²) in [6, 6.07) is 7.90. The molecule has 0 bridgehead atoms. The van der Waals surface area contributed by atoms with Gasteiger partial charge in [-0.15, -0.1) is 11.3 Å². The highest BCUT2D eigenvalue weighted by atomic mass is 32.1. The second-order valence-corrected chi connectivity index (χ2v) is 6.20. The molecule has 112 valence electrons. The first-order valence-corrected chi connectivity index (χ1v) is 7.69. The number of carboxylic acid groups (broad SMARTS) is 1. The molecule has 1 aromatic heterocycles. The van der Waals surface area contributed by atoms with Crippen LogP contribution in [0.3, 0.4) is 0 Å². The minimum Gasteiger partial charge on any atom is -0.481 e. The fourth-order valence-corrected chi connectivity index (χ4v) is 2.96. The van der Waals surface area contributed by atoms with Gasteiger partial charge in [-0.2, -0.15) is 0 Å². The normalized spacial score (nSPS) is 12.2. The Morgan fingerprint density at radius 2 is 2.14 bits per heavy atom. The first-order chi connectivity index (χ1) is 10.0. The number of benzene rings is 1. The van der Waals surface area contributed by atoms with Crippen LogP contribution in [0.2, 0.25) is 0 Å². The van der Waals surface area contributed by atoms with Crippen molar-refractivity contribution in [1.82, 2.24) is 10.3 Å². The lowest BCUT2D eigenvalue weighted by Crippen LogP contribution is -2.29. The number of para-hydroxylation sites is 1. The van der Waals surface area contributed by atoms with Gasteiger partial charge in [0.15, 0.2) is 0 Å². The maximum atomic E-state index is 11.7. The Balaban J connectivity index is 1.77. The number of aliphatic carboxylic acids is 1. The smallest absolute Gasteiger partial charge is 0.303 e. The molecular weight excluding hydrogens is 288 g/mol. The summed E-state index contributed by atoms with van der Waals surface area (Å²) in [5, 5.41) is 12.4. The average Bonchev–Trinajstić information content (AvgIpc) is 2.85. The number of carbonyl (C=O) groups excluding carboxylic acids is 1. The molecule has 1 aromatic carbocycles. The van der Waals surface area contributed by atoms with Crippen LogP contribution >= 0.6 is 11.3 Å². The molecule has 1 amide bonds. The zero-order chi connectivity index (χ0) is 15.2. The zero-order valence-corrected chi connectivity index (χ0v) is 12.7. The SMILES string of the molecule is CC(CNC(=O)CCc1nc2ccccc2s1)CC(=O)O. The van der Waals surface area contributed by atoms with Gasteiger partial charge in [-0.3, -0.25) is 9.59 Å². The van der Waals surface area contributed by atoms with E-state index >= 15 is 0 Å². The Bertz CT molecular complexity index is 606. The highest BCUT2D eigenvalue weighted by Gasteiger charge is 2.10. The van der Waals surface area contributed by atoms with Crippen molar-refractivity contribution in [2.45, 2.75) is 26.2 Å². The molecule has 2 N–H and O–H groups in total. The van der Waals surface area contributed by atoms with Crippen molar-refractivity contribution < 1.29 is 14.7 Å². The van der Waals surface area contributed by atoms with E-state index in [1.54, 1.807) is 11.3 Å². The lowest BCUT2D eigenvalue weighted by atomic mass is 10.1. The van der Waals surface area contributed by atoms with Crippen molar-refractivity contribution in [3.05, 3.63) is 29.3 Å². The molecule has 1 atom stereocenters. The Kier molecular flexibility index (Phi) is 5.27. The topological polar surface area (TPSA) is 79.3 Å². The Morgan fingerprint density at radius 3 is 2.86 bits per heavy atom. The van der Waals surface area contributed by atoms with Gasteiger partial charge >= 0.3 is 5.97 Å². The van der Waals surface area contributed by atoms with Crippen LogP contribution in [-0.2, 0) is 16.0 Å². The second-order valence-electron chi connectivity index (χ2n) is 5.08. The van der Waals surface area contributed by atoms with E-state index < -0.39 is 5.97 Å². The lowest BCUT2D eigenvalue weighted by molar-refractivity contribution is -0.138. The Hall–Kier alpha value is -1.95. The van der Waals surface area contributed by atoms with E-state index in [9.17, 15) is 9.59 Å². The van der Waals surface area contributed by atoms with Gasteiger partial charge in [0.05, 0.1) is 15.2 Å². The molecule has 0 aliphatic heterocycles. The summed E-state index contributed by atoms with van der Waals surface area (Å²) >= 11 is 1.60. The van der Waals surface area contributed by atoms with E-state index in [4.69, 9.17) is 5.11 Å². The maximum Gasteiger partial charge on any atom is 0.303 e. The van der Waals surface area contributed by atoms with Crippen molar-refractivity contribution in [2.75, 3.05) is 6.54 Å². The first kappa shape index (κ1) is 15.4. The molecule has 2 aromatic rings. The minimum absolute atomic E-state index is 0.0612. The van der Waals surface area contributed by atoms with Crippen LogP contribution in [0, 0.1) is 5.92 Å². The number of aromatic nitrogens is 1. The summed E-state index contributed by atoms with van der Waals surface area (Å²) in [7, 11) is 0. The molecule has 2 rings (SSSR count). The summed E-state index contributed by atoms with van der Waals surface area (Å²) in [6.07, 6.45) is 1.05. The van der Waals surface area contributed by atoms with Crippen molar-refractivity contribution in [3.8, 4) is 0 Å². The van der Waals surface area contributed by atoms with Gasteiger partial charge in [0.25, 0.3) is 0 Å². The van der Waals surface area contributed by atoms with E-state index in [1.165, 1.54) is 0 Å². The van der Waals surface area contributed by atoms with E-state index in [0.717, 1.165) is 15.2 Å². The van der Waals surface area contributed by atoms with Crippen LogP contribution in [0.4, 0.5) is 0 Å². The van der Waals surface area contributed by atoms with Gasteiger partial charge in [-0.25, -0.2) is 4.98 Å². The summed E-state index contributed by atoms with van der Waals surface area (Å²) in [5.41, 5.74) is 0.966. The standard InChI is InChI=1S/C15H18N2O3S/c1-10(8-15(19)20)9-16-13(18)6-7-14-17-11-4-2-3-5-12(11)21-14/h2-5,10H,6-9H2,1H3,(H,16,18)(H,19,20). The third-order valence-corrected chi connectivity index (χ3v) is 4.17. The van der Waals surface area contributed by atoms with E-state index in [0.29, 0.717) is 19.4 Å². The molecule has 1 unspecified atom stereocenters. The predicted octanol–water partition coefficient (Wildman–Crippen LogP) is 2.46. The van der Waals surface area contributed by atoms with Crippen LogP contribution in [0.15, 0.2) is 24.3 Å². The van der Waals surface area contributed by atoms with Crippen LogP contribution in [0.5, 0.6) is 0 Å². The van der Waals surface area contributed by atoms with Crippen LogP contribution < -0.4 is 5.32 Å². The van der Waals surface area contributed by atoms with Crippen molar-refractivity contribution in [3.63, 3.8) is 0 Å². The minimum atomic E-state index is -0.841. The van der Waals surface area contributed by atoms with Gasteiger partial charge in [0.2, 0.25) is 5.91 Å². The molecule has 0 aliphatic carbocycles. The number of amides is 1. The summed E-state index contributed by atoms with van der Waals surface area (Å²) < 4.78 is 1.13. The van der Waals surface area contributed by atoms with Crippen LogP contribution in [0.25, 0.3) is 10.2 Å². The molecule has 0 fully saturated rings. The quantitative estimate of drug-likeness (QED) is 0.823. The Labute approximate surface area is 127 Å². The van der Waals surface area contributed by atoms with Crippen LogP contribution in [-0.4, -0.2) is 28.5 Å². The van der Waals surface area contributed by atoms with Gasteiger partial charge < -0.3 is 10.4 Å². The van der Waals surface area contributed by atoms with E-state index in [-0.39, 0.29) is 18.2 Å². The molecule has 0 spiro atoms. The molecule has 5 nitrogen and oxygen atoms in total. The number of hydrogen-bond acceptors (Lipinski definition) is 4. The monoisotopic (exact) mass is 306 g/mol. The Morgan fingerprint density at radius 1 is 1.38 bits per heavy atom. The molecule has 21 heavy (non-hydrogen) atoms. The molecule has 0 saturated heterocycles. The fourth-order valence-electron chi connectivity index (χ4n) is 1.99. The maximum absolute atomic E-state index is 11.7. The molecule has 6 heteroatoms. The average molecular weight is 306 g/mol. The van der Waals surface area contributed by atoms with Crippen molar-refractivity contribution >= 4 is 33.4 Å². The zero-order valence-electron chi connectivity index (χ0n) is 11.8. The number of thiazole rings is 1. The van der Waals surface area contributed by atoms with Crippen molar-refractivity contribution in [2.24, 2.45) is 5.92 Å². The third-order valence-electron chi connectivity index (χ3n) is 3.07. The van der Waals surface area contributed by atoms with E-state index in [2.05, 4.69) is 10.3 Å². The highest BCUT2D eigenvalue weighted by Crippen LogP contribution is 2.22. The second kappa shape index (κ2) is 7.17. The largest absolute Gasteiger partial charge is 0.481 e. The lowest BCUT2D eigenvalue weighted by Gasteiger charge is -2.09. The number of rotatable bonds is 7. The van der Waals surface area contributed by atoms with Crippen molar-refractivity contribution in [1.29, 1.82) is 0 Å². The number of hydrogen-bond donors (Lipinski definition) is 2. The molecule has 1 heterocycles. The summed E-state index contributed by atoms with van der Waals surface area (Å²) in [6.45, 7) is 2.20. The van der Waals surface area contributed by atoms with Gasteiger partial charge in [0.1, 0.15) is 0 Å². The van der Waals surface area contributed by atoms with Gasteiger partial charge in [-0.1, -0.05) is 19.1 Å². The summed E-state index contributed by atoms with van der Waals surface area (Å²) in [4.78, 5) is 26.8. The number of carboxylic acids is 1. The highest BCUT2D eigenvalue weighted by molar-refractivity contribution is 7.18. The fraction of sp³-hybridized carbons (Fsp3) is 0.400. The molecule has 0 radical (unpaired) electrons. The van der Waals surface area contributed by atoms with Gasteiger partial charge in [0, 0.05) is 25.8 Å². The number of aryl methyl sites for hydroxylation is 1. The molecule has 0 saturated carbocycles. The third kappa shape index (κ3) is 4.82. The van der Waals surface area contributed by atoms with Gasteiger partial charge in [-0.05, 0) is 18.1 Å². The number of nitrogens with zero attached hydrogens (tertiary/aromatic N) is 1. The van der Waals surface area contributed by atoms with Crippen LogP contribution in [0.1, 0.15) is 24.8 Å². The number of nitrogens with one attached hydrogen (secondary N) is 1. The first-order valence-electron chi connectivity index (χ1n) is 6.87. The number of fused-ring (bicyclic) bond motifs is 1. The number of carbonyl (C=O) groups is 2.